The minimum Gasteiger partial charge on any atom is -0.464 e. The normalized spacial score (nSPS) is 12.1. The summed E-state index contributed by atoms with van der Waals surface area (Å²) in [7, 11) is 1.70. The molecule has 2 amide bonds. The summed E-state index contributed by atoms with van der Waals surface area (Å²) in [5.41, 5.74) is 0.865. The van der Waals surface area contributed by atoms with Crippen LogP contribution in [0, 0.1) is 0 Å². The topological polar surface area (TPSA) is 71.5 Å². The van der Waals surface area contributed by atoms with Crippen molar-refractivity contribution in [2.24, 2.45) is 0 Å². The molecule has 1 atom stereocenters. The van der Waals surface area contributed by atoms with E-state index in [2.05, 4.69) is 24.1 Å². The molecule has 0 aliphatic carbocycles. The number of esters is 1. The lowest BCUT2D eigenvalue weighted by molar-refractivity contribution is -0.146. The first-order valence-corrected chi connectivity index (χ1v) is 9.89. The van der Waals surface area contributed by atoms with Crippen molar-refractivity contribution in [2.75, 3.05) is 13.7 Å². The van der Waals surface area contributed by atoms with E-state index in [0.717, 1.165) is 30.0 Å². The fourth-order valence-electron chi connectivity index (χ4n) is 2.19. The van der Waals surface area contributed by atoms with Crippen molar-refractivity contribution in [1.82, 2.24) is 15.2 Å². The molecule has 1 aromatic rings. The summed E-state index contributed by atoms with van der Waals surface area (Å²) in [6.45, 7) is 9.02. The maximum Gasteiger partial charge on any atom is 0.328 e. The Bertz CT molecular complexity index is 545. The van der Waals surface area contributed by atoms with Gasteiger partial charge in [0.1, 0.15) is 6.04 Å². The van der Waals surface area contributed by atoms with E-state index in [1.807, 2.05) is 19.2 Å². The number of nitrogens with zero attached hydrogens (tertiary/aromatic N) is 2. The predicted molar refractivity (Wildman–Crippen MR) is 101 cm³/mol. The van der Waals surface area contributed by atoms with Crippen molar-refractivity contribution < 1.29 is 14.3 Å². The second kappa shape index (κ2) is 11.1. The van der Waals surface area contributed by atoms with Crippen LogP contribution < -0.4 is 5.32 Å². The number of carbonyl (C=O) groups excluding carboxylic acids is 2. The zero-order valence-electron chi connectivity index (χ0n) is 16.0. The van der Waals surface area contributed by atoms with Gasteiger partial charge >= 0.3 is 12.0 Å². The fraction of sp³-hybridized carbons (Fsp3) is 0.722. The predicted octanol–water partition coefficient (Wildman–Crippen LogP) is 3.92. The van der Waals surface area contributed by atoms with E-state index >= 15 is 0 Å². The molecule has 0 unspecified atom stereocenters. The smallest absolute Gasteiger partial charge is 0.328 e. The van der Waals surface area contributed by atoms with E-state index in [9.17, 15) is 9.59 Å². The Morgan fingerprint density at radius 2 is 2.04 bits per heavy atom. The third kappa shape index (κ3) is 7.42. The number of urea groups is 1. The summed E-state index contributed by atoms with van der Waals surface area (Å²) < 4.78 is 5.24. The van der Waals surface area contributed by atoms with Gasteiger partial charge in [-0.3, -0.25) is 0 Å². The summed E-state index contributed by atoms with van der Waals surface area (Å²) in [6, 6.07) is -0.886. The molecule has 0 aliphatic heterocycles. The van der Waals surface area contributed by atoms with Crippen molar-refractivity contribution in [1.29, 1.82) is 0 Å². The molecule has 0 saturated heterocycles. The number of hydrogen-bond donors (Lipinski definition) is 1. The summed E-state index contributed by atoms with van der Waals surface area (Å²) >= 11 is 1.61. The Balaban J connectivity index is 2.57. The first-order valence-electron chi connectivity index (χ1n) is 9.01. The summed E-state index contributed by atoms with van der Waals surface area (Å²) in [4.78, 5) is 30.6. The van der Waals surface area contributed by atoms with E-state index in [1.165, 1.54) is 0 Å². The third-order valence-electron chi connectivity index (χ3n) is 3.71. The lowest BCUT2D eigenvalue weighted by Gasteiger charge is -2.22. The van der Waals surface area contributed by atoms with Crippen LogP contribution in [0.4, 0.5) is 4.79 Å². The Labute approximate surface area is 155 Å². The molecule has 0 bridgehead atoms. The third-order valence-corrected chi connectivity index (χ3v) is 4.91. The Kier molecular flexibility index (Phi) is 9.49. The van der Waals surface area contributed by atoms with E-state index in [1.54, 1.807) is 23.3 Å². The zero-order chi connectivity index (χ0) is 18.8. The molecule has 0 radical (unpaired) electrons. The Hall–Kier alpha value is -1.63. The van der Waals surface area contributed by atoms with Crippen LogP contribution >= 0.6 is 11.3 Å². The maximum atomic E-state index is 12.4. The van der Waals surface area contributed by atoms with Gasteiger partial charge in [-0.15, -0.1) is 11.3 Å². The quantitative estimate of drug-likeness (QED) is 0.501. The second-order valence-corrected chi connectivity index (χ2v) is 7.39. The van der Waals surface area contributed by atoms with Crippen LogP contribution in [0.3, 0.4) is 0 Å². The lowest BCUT2D eigenvalue weighted by atomic mass is 10.2. The van der Waals surface area contributed by atoms with Crippen LogP contribution in [-0.2, 0) is 16.1 Å². The van der Waals surface area contributed by atoms with Crippen LogP contribution in [0.1, 0.15) is 70.0 Å². The molecule has 1 heterocycles. The molecule has 0 saturated carbocycles. The van der Waals surface area contributed by atoms with Crippen molar-refractivity contribution in [3.05, 3.63) is 16.1 Å². The van der Waals surface area contributed by atoms with Gasteiger partial charge in [0.25, 0.3) is 0 Å². The zero-order valence-corrected chi connectivity index (χ0v) is 16.8. The lowest BCUT2D eigenvalue weighted by Crippen LogP contribution is -2.47. The molecule has 0 aromatic carbocycles. The molecule has 142 valence electrons. The molecule has 7 heteroatoms. The van der Waals surface area contributed by atoms with Gasteiger partial charge in [0.05, 0.1) is 23.9 Å². The van der Waals surface area contributed by atoms with E-state index < -0.39 is 6.04 Å². The highest BCUT2D eigenvalue weighted by Crippen LogP contribution is 2.19. The number of carbonyl (C=O) groups is 2. The molecule has 25 heavy (non-hydrogen) atoms. The Morgan fingerprint density at radius 3 is 2.60 bits per heavy atom. The van der Waals surface area contributed by atoms with Crippen LogP contribution in [0.15, 0.2) is 5.38 Å². The highest BCUT2D eigenvalue weighted by molar-refractivity contribution is 7.09. The number of rotatable bonds is 10. The number of nitrogens with one attached hydrogen (secondary N) is 1. The number of aromatic nitrogens is 1. The van der Waals surface area contributed by atoms with Crippen molar-refractivity contribution >= 4 is 23.3 Å². The molecular formula is C18H31N3O3S. The molecular weight excluding hydrogens is 338 g/mol. The summed E-state index contributed by atoms with van der Waals surface area (Å²) in [5, 5.41) is 5.82. The van der Waals surface area contributed by atoms with Gasteiger partial charge < -0.3 is 15.0 Å². The van der Waals surface area contributed by atoms with Crippen LogP contribution in [0.5, 0.6) is 0 Å². The van der Waals surface area contributed by atoms with Crippen LogP contribution in [-0.4, -0.2) is 41.6 Å². The number of hydrogen-bond acceptors (Lipinski definition) is 5. The molecule has 0 fully saturated rings. The fourth-order valence-corrected chi connectivity index (χ4v) is 3.02. The SMILES string of the molecule is CCCCOC(=O)[C@H](CCC)NC(=O)N(C)Cc1csc(C(C)C)n1. The first kappa shape index (κ1) is 21.4. The highest BCUT2D eigenvalue weighted by Gasteiger charge is 2.23. The van der Waals surface area contributed by atoms with E-state index in [-0.39, 0.29) is 12.0 Å². The van der Waals surface area contributed by atoms with Gasteiger partial charge in [0, 0.05) is 18.3 Å². The largest absolute Gasteiger partial charge is 0.464 e. The number of unbranched alkanes of at least 4 members (excludes halogenated alkanes) is 1. The molecule has 6 nitrogen and oxygen atoms in total. The van der Waals surface area contributed by atoms with Crippen molar-refractivity contribution in [3.8, 4) is 0 Å². The first-order chi connectivity index (χ1) is 11.9. The molecule has 0 spiro atoms. The second-order valence-electron chi connectivity index (χ2n) is 6.50. The van der Waals surface area contributed by atoms with Gasteiger partial charge in [-0.1, -0.05) is 40.5 Å². The molecule has 1 aromatic heterocycles. The van der Waals surface area contributed by atoms with E-state index in [4.69, 9.17) is 4.74 Å². The van der Waals surface area contributed by atoms with Crippen molar-refractivity contribution in [3.63, 3.8) is 0 Å². The monoisotopic (exact) mass is 369 g/mol. The molecule has 0 aliphatic rings. The highest BCUT2D eigenvalue weighted by atomic mass is 32.1. The number of ether oxygens (including phenoxy) is 1. The standard InChI is InChI=1S/C18H31N3O3S/c1-6-8-10-24-17(22)15(9-7-2)20-18(23)21(5)11-14-12-25-16(19-14)13(3)4/h12-13,15H,6-11H2,1-5H3,(H,20,23)/t15-/m0/s1. The van der Waals surface area contributed by atoms with Gasteiger partial charge in [-0.05, 0) is 12.8 Å². The average molecular weight is 370 g/mol. The molecule has 1 rings (SSSR count). The van der Waals surface area contributed by atoms with Crippen LogP contribution in [0.25, 0.3) is 0 Å². The Morgan fingerprint density at radius 1 is 1.32 bits per heavy atom. The van der Waals surface area contributed by atoms with Gasteiger partial charge in [-0.25, -0.2) is 14.6 Å². The summed E-state index contributed by atoms with van der Waals surface area (Å²) in [6.07, 6.45) is 3.16. The van der Waals surface area contributed by atoms with Crippen molar-refractivity contribution in [2.45, 2.75) is 71.9 Å². The minimum absolute atomic E-state index is 0.287. The maximum absolute atomic E-state index is 12.4. The molecule has 1 N–H and O–H groups in total. The average Bonchev–Trinajstić information content (AvgIpc) is 3.03. The number of amides is 2. The van der Waals surface area contributed by atoms with Crippen LogP contribution in [0.2, 0.25) is 0 Å². The van der Waals surface area contributed by atoms with Gasteiger partial charge in [0.2, 0.25) is 0 Å². The summed E-state index contributed by atoms with van der Waals surface area (Å²) in [5.74, 6) is 0.0255. The van der Waals surface area contributed by atoms with E-state index in [0.29, 0.717) is 25.5 Å². The van der Waals surface area contributed by atoms with Gasteiger partial charge in [-0.2, -0.15) is 0 Å². The minimum atomic E-state index is -0.599. The number of thiazole rings is 1. The van der Waals surface area contributed by atoms with Gasteiger partial charge in [0.15, 0.2) is 0 Å².